The highest BCUT2D eigenvalue weighted by atomic mass is 16.3. The van der Waals surface area contributed by atoms with Gasteiger partial charge in [-0.15, -0.1) is 0 Å². The lowest BCUT2D eigenvalue weighted by molar-refractivity contribution is -0.115. The number of amides is 2. The number of rotatable bonds is 4. The normalized spacial score (nSPS) is 10.8. The molecular formula is C19H18N2O3. The van der Waals surface area contributed by atoms with Crippen LogP contribution in [0, 0.1) is 13.8 Å². The SMILES string of the molecule is Cc1cc2occ(CC(=O)Nc3cccc(C(N)=O)c3)c2cc1C. The Bertz CT molecular complexity index is 941. The van der Waals surface area contributed by atoms with Crippen LogP contribution in [0.2, 0.25) is 0 Å². The van der Waals surface area contributed by atoms with Crippen molar-refractivity contribution in [2.75, 3.05) is 5.32 Å². The molecule has 0 fully saturated rings. The van der Waals surface area contributed by atoms with Gasteiger partial charge in [-0.05, 0) is 55.3 Å². The first-order valence-corrected chi connectivity index (χ1v) is 7.61. The fraction of sp³-hybridized carbons (Fsp3) is 0.158. The van der Waals surface area contributed by atoms with Crippen LogP contribution in [-0.4, -0.2) is 11.8 Å². The minimum absolute atomic E-state index is 0.183. The van der Waals surface area contributed by atoms with Gasteiger partial charge in [0.15, 0.2) is 0 Å². The fourth-order valence-corrected chi connectivity index (χ4v) is 2.60. The second-order valence-corrected chi connectivity index (χ2v) is 5.86. The van der Waals surface area contributed by atoms with E-state index in [4.69, 9.17) is 10.2 Å². The Morgan fingerprint density at radius 1 is 1.12 bits per heavy atom. The molecule has 0 radical (unpaired) electrons. The summed E-state index contributed by atoms with van der Waals surface area (Å²) < 4.78 is 5.55. The van der Waals surface area contributed by atoms with Crippen LogP contribution >= 0.6 is 0 Å². The van der Waals surface area contributed by atoms with Gasteiger partial charge in [0.05, 0.1) is 12.7 Å². The third kappa shape index (κ3) is 3.15. The first kappa shape index (κ1) is 15.8. The Hall–Kier alpha value is -3.08. The first-order valence-electron chi connectivity index (χ1n) is 7.61. The highest BCUT2D eigenvalue weighted by Gasteiger charge is 2.12. The summed E-state index contributed by atoms with van der Waals surface area (Å²) in [6, 6.07) is 10.6. The largest absolute Gasteiger partial charge is 0.464 e. The molecule has 0 spiro atoms. The summed E-state index contributed by atoms with van der Waals surface area (Å²) in [5.74, 6) is -0.713. The number of nitrogens with two attached hydrogens (primary N) is 1. The van der Waals surface area contributed by atoms with Crippen molar-refractivity contribution in [3.05, 3.63) is 64.9 Å². The van der Waals surface area contributed by atoms with E-state index in [9.17, 15) is 9.59 Å². The fourth-order valence-electron chi connectivity index (χ4n) is 2.60. The van der Waals surface area contributed by atoms with Crippen molar-refractivity contribution >= 4 is 28.5 Å². The molecule has 1 heterocycles. The monoisotopic (exact) mass is 322 g/mol. The molecule has 0 aliphatic rings. The van der Waals surface area contributed by atoms with Gasteiger partial charge in [0.2, 0.25) is 11.8 Å². The van der Waals surface area contributed by atoms with Gasteiger partial charge >= 0.3 is 0 Å². The Morgan fingerprint density at radius 3 is 2.62 bits per heavy atom. The van der Waals surface area contributed by atoms with Gasteiger partial charge < -0.3 is 15.5 Å². The van der Waals surface area contributed by atoms with E-state index in [0.29, 0.717) is 11.3 Å². The molecule has 0 aliphatic carbocycles. The minimum Gasteiger partial charge on any atom is -0.464 e. The molecule has 24 heavy (non-hydrogen) atoms. The summed E-state index contributed by atoms with van der Waals surface area (Å²) in [5.41, 5.74) is 10.0. The van der Waals surface area contributed by atoms with Crippen molar-refractivity contribution in [3.63, 3.8) is 0 Å². The maximum absolute atomic E-state index is 12.3. The average Bonchev–Trinajstić information content (AvgIpc) is 2.90. The molecule has 0 bridgehead atoms. The molecule has 2 amide bonds. The number of anilines is 1. The average molecular weight is 322 g/mol. The van der Waals surface area contributed by atoms with Crippen LogP contribution < -0.4 is 11.1 Å². The Morgan fingerprint density at radius 2 is 1.88 bits per heavy atom. The first-order chi connectivity index (χ1) is 11.4. The Kier molecular flexibility index (Phi) is 4.08. The highest BCUT2D eigenvalue weighted by Crippen LogP contribution is 2.25. The Balaban J connectivity index is 1.79. The molecule has 122 valence electrons. The zero-order valence-electron chi connectivity index (χ0n) is 13.6. The number of furan rings is 1. The predicted molar refractivity (Wildman–Crippen MR) is 93.0 cm³/mol. The van der Waals surface area contributed by atoms with E-state index in [0.717, 1.165) is 27.7 Å². The van der Waals surface area contributed by atoms with Crippen molar-refractivity contribution < 1.29 is 14.0 Å². The lowest BCUT2D eigenvalue weighted by atomic mass is 10.0. The third-order valence-corrected chi connectivity index (χ3v) is 4.05. The topological polar surface area (TPSA) is 85.3 Å². The molecule has 2 aromatic carbocycles. The van der Waals surface area contributed by atoms with E-state index >= 15 is 0 Å². The number of carbonyl (C=O) groups excluding carboxylic acids is 2. The molecule has 3 aromatic rings. The lowest BCUT2D eigenvalue weighted by Gasteiger charge is -2.06. The van der Waals surface area contributed by atoms with E-state index in [1.54, 1.807) is 30.5 Å². The van der Waals surface area contributed by atoms with Crippen LogP contribution in [0.5, 0.6) is 0 Å². The molecule has 0 aliphatic heterocycles. The third-order valence-electron chi connectivity index (χ3n) is 4.05. The summed E-state index contributed by atoms with van der Waals surface area (Å²) in [5, 5.41) is 3.72. The zero-order chi connectivity index (χ0) is 17.3. The quantitative estimate of drug-likeness (QED) is 0.772. The molecule has 0 saturated heterocycles. The molecule has 0 unspecified atom stereocenters. The van der Waals surface area contributed by atoms with Crippen LogP contribution in [0.25, 0.3) is 11.0 Å². The maximum Gasteiger partial charge on any atom is 0.248 e. The van der Waals surface area contributed by atoms with Crippen molar-refractivity contribution in [3.8, 4) is 0 Å². The van der Waals surface area contributed by atoms with E-state index in [-0.39, 0.29) is 12.3 Å². The van der Waals surface area contributed by atoms with Crippen molar-refractivity contribution in [2.45, 2.75) is 20.3 Å². The molecule has 5 heteroatoms. The maximum atomic E-state index is 12.3. The van der Waals surface area contributed by atoms with Crippen LogP contribution in [0.3, 0.4) is 0 Å². The van der Waals surface area contributed by atoms with Crippen LogP contribution in [-0.2, 0) is 11.2 Å². The number of aryl methyl sites for hydroxylation is 2. The van der Waals surface area contributed by atoms with Crippen molar-refractivity contribution in [1.82, 2.24) is 0 Å². The molecular weight excluding hydrogens is 304 g/mol. The lowest BCUT2D eigenvalue weighted by Crippen LogP contribution is -2.15. The summed E-state index contributed by atoms with van der Waals surface area (Å²) in [6.45, 7) is 4.05. The van der Waals surface area contributed by atoms with E-state index in [2.05, 4.69) is 5.32 Å². The summed E-state index contributed by atoms with van der Waals surface area (Å²) in [7, 11) is 0. The number of fused-ring (bicyclic) bond motifs is 1. The molecule has 1 aromatic heterocycles. The van der Waals surface area contributed by atoms with Gasteiger partial charge in [0, 0.05) is 22.2 Å². The van der Waals surface area contributed by atoms with Gasteiger partial charge in [0.25, 0.3) is 0 Å². The van der Waals surface area contributed by atoms with Gasteiger partial charge in [-0.2, -0.15) is 0 Å². The van der Waals surface area contributed by atoms with Gasteiger partial charge in [0.1, 0.15) is 5.58 Å². The van der Waals surface area contributed by atoms with Crippen LogP contribution in [0.1, 0.15) is 27.0 Å². The van der Waals surface area contributed by atoms with Gasteiger partial charge in [-0.3, -0.25) is 9.59 Å². The number of benzene rings is 2. The van der Waals surface area contributed by atoms with Crippen molar-refractivity contribution in [2.24, 2.45) is 5.73 Å². The number of primary amides is 1. The second kappa shape index (κ2) is 6.20. The standard InChI is InChI=1S/C19H18N2O3/c1-11-6-16-14(10-24-17(16)7-12(11)2)9-18(22)21-15-5-3-4-13(8-15)19(20)23/h3-8,10H,9H2,1-2H3,(H2,20,23)(H,21,22). The molecule has 0 saturated carbocycles. The number of nitrogens with one attached hydrogen (secondary N) is 1. The van der Waals surface area contributed by atoms with Crippen LogP contribution in [0.4, 0.5) is 5.69 Å². The van der Waals surface area contributed by atoms with E-state index < -0.39 is 5.91 Å². The summed E-state index contributed by atoms with van der Waals surface area (Å²) >= 11 is 0. The minimum atomic E-state index is -0.530. The summed E-state index contributed by atoms with van der Waals surface area (Å²) in [6.07, 6.45) is 1.80. The van der Waals surface area contributed by atoms with Gasteiger partial charge in [-0.25, -0.2) is 0 Å². The predicted octanol–water partition coefficient (Wildman–Crippen LogP) is 3.33. The molecule has 3 rings (SSSR count). The highest BCUT2D eigenvalue weighted by molar-refractivity contribution is 5.98. The smallest absolute Gasteiger partial charge is 0.248 e. The molecule has 5 nitrogen and oxygen atoms in total. The Labute approximate surface area is 139 Å². The van der Waals surface area contributed by atoms with Crippen molar-refractivity contribution in [1.29, 1.82) is 0 Å². The van der Waals surface area contributed by atoms with E-state index in [1.807, 2.05) is 26.0 Å². The van der Waals surface area contributed by atoms with Crippen LogP contribution in [0.15, 0.2) is 47.1 Å². The van der Waals surface area contributed by atoms with Gasteiger partial charge in [-0.1, -0.05) is 6.07 Å². The summed E-state index contributed by atoms with van der Waals surface area (Å²) in [4.78, 5) is 23.5. The molecule has 3 N–H and O–H groups in total. The molecule has 0 atom stereocenters. The number of hydrogen-bond acceptors (Lipinski definition) is 3. The number of hydrogen-bond donors (Lipinski definition) is 2. The van der Waals surface area contributed by atoms with E-state index in [1.165, 1.54) is 0 Å². The second-order valence-electron chi connectivity index (χ2n) is 5.86. The zero-order valence-corrected chi connectivity index (χ0v) is 13.6. The number of carbonyl (C=O) groups is 2.